The summed E-state index contributed by atoms with van der Waals surface area (Å²) in [5, 5.41) is 3.09. The number of hydrogen-bond donors (Lipinski definition) is 0. The Labute approximate surface area is 235 Å². The highest BCUT2D eigenvalue weighted by molar-refractivity contribution is 6.44. The average Bonchev–Trinajstić information content (AvgIpc) is 2.67. The Morgan fingerprint density at radius 3 is 1.21 bits per heavy atom. The molecular weight excluding hydrogens is 609 g/mol. The fraction of sp³-hybridized carbons (Fsp3) is 0. The monoisotopic (exact) mass is 613 g/mol. The molecule has 0 radical (unpaired) electrons. The molecule has 1 heterocycles. The maximum absolute atomic E-state index is 6.56. The first-order valence-electron chi connectivity index (χ1n) is 9.01. The minimum Gasteiger partial charge on any atom is -0.255 e. The second-order valence-corrected chi connectivity index (χ2v) is 10.6. The molecule has 0 aliphatic rings. The van der Waals surface area contributed by atoms with Gasteiger partial charge >= 0.3 is 0 Å². The van der Waals surface area contributed by atoms with E-state index < -0.39 is 0 Å². The minimum atomic E-state index is 0.303. The fourth-order valence-electron chi connectivity index (χ4n) is 3.38. The Hall–Kier alpha value is -0.580. The van der Waals surface area contributed by atoms with E-state index >= 15 is 0 Å². The standard InChI is InChI=1S/C23H8Cl9N/c24-10-2-14(27)20(15(28)3-10)9-1-13(21-16(29)4-11(25)5-17(21)30)23(33-8-9)22-18(31)6-12(26)7-19(22)32/h1-8H. The van der Waals surface area contributed by atoms with Gasteiger partial charge in [-0.2, -0.15) is 0 Å². The largest absolute Gasteiger partial charge is 0.255 e. The summed E-state index contributed by atoms with van der Waals surface area (Å²) in [5.41, 5.74) is 3.04. The summed E-state index contributed by atoms with van der Waals surface area (Å²) >= 11 is 57.3. The molecule has 0 bridgehead atoms. The number of benzene rings is 3. The molecule has 0 saturated heterocycles. The predicted molar refractivity (Wildman–Crippen MR) is 146 cm³/mol. The third-order valence-electron chi connectivity index (χ3n) is 4.70. The molecule has 33 heavy (non-hydrogen) atoms. The lowest BCUT2D eigenvalue weighted by atomic mass is 9.95. The van der Waals surface area contributed by atoms with Crippen molar-refractivity contribution in [3.8, 4) is 33.5 Å². The van der Waals surface area contributed by atoms with Crippen LogP contribution in [0.4, 0.5) is 0 Å². The summed E-state index contributed by atoms with van der Waals surface area (Å²) < 4.78 is 0. The number of nitrogens with zero attached hydrogens (tertiary/aromatic N) is 1. The maximum Gasteiger partial charge on any atom is 0.0811 e. The van der Waals surface area contributed by atoms with Gasteiger partial charge in [0.15, 0.2) is 0 Å². The number of hydrogen-bond acceptors (Lipinski definition) is 1. The number of pyridine rings is 1. The molecule has 168 valence electrons. The highest BCUT2D eigenvalue weighted by Gasteiger charge is 2.22. The van der Waals surface area contributed by atoms with Crippen LogP contribution in [-0.2, 0) is 0 Å². The van der Waals surface area contributed by atoms with Gasteiger partial charge in [-0.1, -0.05) is 104 Å². The van der Waals surface area contributed by atoms with Gasteiger partial charge in [0.25, 0.3) is 0 Å². The summed E-state index contributed by atoms with van der Waals surface area (Å²) in [5.74, 6) is 0. The third kappa shape index (κ3) is 5.19. The first-order valence-corrected chi connectivity index (χ1v) is 12.4. The molecule has 0 atom stereocenters. The molecule has 0 spiro atoms. The van der Waals surface area contributed by atoms with Crippen molar-refractivity contribution in [3.05, 3.63) is 93.9 Å². The average molecular weight is 617 g/mol. The summed E-state index contributed by atoms with van der Waals surface area (Å²) in [6, 6.07) is 11.3. The van der Waals surface area contributed by atoms with Crippen LogP contribution in [0.5, 0.6) is 0 Å². The van der Waals surface area contributed by atoms with Gasteiger partial charge in [0.05, 0.1) is 35.8 Å². The Bertz CT molecular complexity index is 1350. The van der Waals surface area contributed by atoms with E-state index in [2.05, 4.69) is 4.98 Å². The van der Waals surface area contributed by atoms with Crippen LogP contribution < -0.4 is 0 Å². The first-order chi connectivity index (χ1) is 15.6. The first kappa shape index (κ1) is 25.5. The third-order valence-corrected chi connectivity index (χ3v) is 7.15. The van der Waals surface area contributed by atoms with Crippen molar-refractivity contribution in [2.24, 2.45) is 0 Å². The van der Waals surface area contributed by atoms with Crippen LogP contribution in [-0.4, -0.2) is 4.98 Å². The van der Waals surface area contributed by atoms with Gasteiger partial charge in [0.2, 0.25) is 0 Å². The van der Waals surface area contributed by atoms with E-state index in [1.54, 1.807) is 48.7 Å². The normalized spacial score (nSPS) is 11.2. The molecule has 4 rings (SSSR count). The van der Waals surface area contributed by atoms with Crippen molar-refractivity contribution in [2.45, 2.75) is 0 Å². The van der Waals surface area contributed by atoms with Gasteiger partial charge in [0.1, 0.15) is 0 Å². The minimum absolute atomic E-state index is 0.303. The Morgan fingerprint density at radius 1 is 0.424 bits per heavy atom. The quantitative estimate of drug-likeness (QED) is 0.223. The van der Waals surface area contributed by atoms with Gasteiger partial charge in [0, 0.05) is 49.1 Å². The summed E-state index contributed by atoms with van der Waals surface area (Å²) in [7, 11) is 0. The molecule has 4 aromatic rings. The Kier molecular flexibility index (Phi) is 7.88. The van der Waals surface area contributed by atoms with Crippen molar-refractivity contribution >= 4 is 104 Å². The predicted octanol–water partition coefficient (Wildman–Crippen LogP) is 12.0. The summed E-state index contributed by atoms with van der Waals surface area (Å²) in [6.45, 7) is 0. The number of aromatic nitrogens is 1. The topological polar surface area (TPSA) is 12.9 Å². The van der Waals surface area contributed by atoms with Crippen molar-refractivity contribution in [1.29, 1.82) is 0 Å². The lowest BCUT2D eigenvalue weighted by Crippen LogP contribution is -1.95. The summed E-state index contributed by atoms with van der Waals surface area (Å²) in [6.07, 6.45) is 1.60. The van der Waals surface area contributed by atoms with E-state index in [1.807, 2.05) is 0 Å². The molecule has 3 aromatic carbocycles. The van der Waals surface area contributed by atoms with Crippen molar-refractivity contribution in [1.82, 2.24) is 4.98 Å². The molecule has 1 aromatic heterocycles. The van der Waals surface area contributed by atoms with E-state index in [-0.39, 0.29) is 0 Å². The van der Waals surface area contributed by atoms with Crippen molar-refractivity contribution in [3.63, 3.8) is 0 Å². The maximum atomic E-state index is 6.56. The zero-order chi connectivity index (χ0) is 24.0. The van der Waals surface area contributed by atoms with Crippen LogP contribution in [0, 0.1) is 0 Å². The van der Waals surface area contributed by atoms with Gasteiger partial charge in [-0.15, -0.1) is 0 Å². The molecule has 0 N–H and O–H groups in total. The SMILES string of the molecule is Clc1cc(Cl)c(-c2cnc(-c3c(Cl)cc(Cl)cc3Cl)c(-c3c(Cl)cc(Cl)cc3Cl)c2)c(Cl)c1. The van der Waals surface area contributed by atoms with Crippen molar-refractivity contribution < 1.29 is 0 Å². The van der Waals surface area contributed by atoms with Crippen LogP contribution in [0.25, 0.3) is 33.5 Å². The van der Waals surface area contributed by atoms with E-state index in [1.165, 1.54) is 0 Å². The molecule has 0 fully saturated rings. The number of rotatable bonds is 3. The van der Waals surface area contributed by atoms with Crippen LogP contribution in [0.3, 0.4) is 0 Å². The lowest BCUT2D eigenvalue weighted by Gasteiger charge is -2.17. The van der Waals surface area contributed by atoms with Gasteiger partial charge in [-0.3, -0.25) is 4.98 Å². The molecule has 0 unspecified atom stereocenters. The smallest absolute Gasteiger partial charge is 0.0811 e. The molecule has 1 nitrogen and oxygen atoms in total. The second kappa shape index (κ2) is 10.2. The molecule has 0 saturated carbocycles. The Morgan fingerprint density at radius 2 is 0.788 bits per heavy atom. The van der Waals surface area contributed by atoms with Crippen LogP contribution >= 0.6 is 104 Å². The van der Waals surface area contributed by atoms with E-state index in [9.17, 15) is 0 Å². The molecular formula is C23H8Cl9N. The van der Waals surface area contributed by atoms with Crippen LogP contribution in [0.2, 0.25) is 45.2 Å². The van der Waals surface area contributed by atoms with Gasteiger partial charge in [-0.05, 0) is 42.5 Å². The molecule has 10 heteroatoms. The zero-order valence-electron chi connectivity index (χ0n) is 16.0. The van der Waals surface area contributed by atoms with Crippen LogP contribution in [0.1, 0.15) is 0 Å². The van der Waals surface area contributed by atoms with E-state index in [0.717, 1.165) is 0 Å². The molecule has 0 aliphatic heterocycles. The highest BCUT2D eigenvalue weighted by Crippen LogP contribution is 2.47. The van der Waals surface area contributed by atoms with E-state index in [0.29, 0.717) is 78.7 Å². The van der Waals surface area contributed by atoms with Crippen molar-refractivity contribution in [2.75, 3.05) is 0 Å². The van der Waals surface area contributed by atoms with E-state index in [4.69, 9.17) is 104 Å². The summed E-state index contributed by atoms with van der Waals surface area (Å²) in [4.78, 5) is 4.65. The Balaban J connectivity index is 2.09. The van der Waals surface area contributed by atoms with Gasteiger partial charge < -0.3 is 0 Å². The molecule has 0 amide bonds. The van der Waals surface area contributed by atoms with Gasteiger partial charge in [-0.25, -0.2) is 0 Å². The van der Waals surface area contributed by atoms with Crippen LogP contribution in [0.15, 0.2) is 48.7 Å². The second-order valence-electron chi connectivity index (χ2n) is 6.85. The lowest BCUT2D eigenvalue weighted by molar-refractivity contribution is 1.32. The fourth-order valence-corrected chi connectivity index (χ4v) is 6.43. The zero-order valence-corrected chi connectivity index (χ0v) is 22.8. The number of halogens is 9. The molecule has 0 aliphatic carbocycles. The highest BCUT2D eigenvalue weighted by atomic mass is 35.5.